The molecule has 0 saturated heterocycles. The van der Waals surface area contributed by atoms with Crippen molar-refractivity contribution in [2.24, 2.45) is 5.92 Å². The summed E-state index contributed by atoms with van der Waals surface area (Å²) in [7, 11) is 1.60. The molecular weight excluding hydrogens is 437 g/mol. The lowest BCUT2D eigenvalue weighted by molar-refractivity contribution is -0.870. The molecule has 1 N–H and O–H groups in total. The van der Waals surface area contributed by atoms with E-state index in [4.69, 9.17) is 9.05 Å². The van der Waals surface area contributed by atoms with Crippen molar-refractivity contribution in [3.05, 3.63) is 24.3 Å². The smallest absolute Gasteiger partial charge is 0.268 e. The molecule has 0 amide bonds. The quantitative estimate of drug-likeness (QED) is 0.0823. The first-order valence-electron chi connectivity index (χ1n) is 13.0. The zero-order chi connectivity index (χ0) is 24.8. The van der Waals surface area contributed by atoms with E-state index in [-0.39, 0.29) is 25.7 Å². The van der Waals surface area contributed by atoms with Crippen molar-refractivity contribution in [2.75, 3.05) is 47.5 Å². The van der Waals surface area contributed by atoms with E-state index < -0.39 is 7.82 Å². The predicted octanol–water partition coefficient (Wildman–Crippen LogP) is 6.01. The Morgan fingerprint density at radius 2 is 1.45 bits per heavy atom. The lowest BCUT2D eigenvalue weighted by Crippen LogP contribution is -2.37. The third kappa shape index (κ3) is 24.4. The molecule has 0 heterocycles. The minimum atomic E-state index is -4.30. The van der Waals surface area contributed by atoms with Gasteiger partial charge in [-0.25, -0.2) is 0 Å². The Morgan fingerprint density at radius 1 is 0.879 bits per heavy atom. The minimum Gasteiger partial charge on any atom is -0.756 e. The van der Waals surface area contributed by atoms with Crippen LogP contribution in [0.4, 0.5) is 0 Å². The second-order valence-corrected chi connectivity index (χ2v) is 11.4. The van der Waals surface area contributed by atoms with E-state index in [0.29, 0.717) is 11.0 Å². The molecule has 196 valence electrons. The van der Waals surface area contributed by atoms with Crippen LogP contribution in [0.3, 0.4) is 0 Å². The van der Waals surface area contributed by atoms with Gasteiger partial charge in [-0.15, -0.1) is 0 Å². The molecule has 0 aliphatic carbocycles. The van der Waals surface area contributed by atoms with Gasteiger partial charge in [-0.2, -0.15) is 0 Å². The summed E-state index contributed by atoms with van der Waals surface area (Å²) < 4.78 is 22.3. The summed E-state index contributed by atoms with van der Waals surface area (Å²) in [5, 5.41) is 9.51. The van der Waals surface area contributed by atoms with Crippen LogP contribution >= 0.6 is 7.82 Å². The summed E-state index contributed by atoms with van der Waals surface area (Å²) in [6.07, 6.45) is 24.2. The van der Waals surface area contributed by atoms with E-state index in [9.17, 15) is 14.6 Å². The van der Waals surface area contributed by atoms with Gasteiger partial charge in [0.25, 0.3) is 7.82 Å². The molecule has 0 aromatic heterocycles. The fourth-order valence-corrected chi connectivity index (χ4v) is 4.08. The maximum atomic E-state index is 11.8. The van der Waals surface area contributed by atoms with Gasteiger partial charge in [-0.05, 0) is 38.5 Å². The van der Waals surface area contributed by atoms with Gasteiger partial charge in [-0.3, -0.25) is 4.57 Å². The minimum absolute atomic E-state index is 0.0120. The highest BCUT2D eigenvalue weighted by atomic mass is 31.2. The van der Waals surface area contributed by atoms with Crippen molar-refractivity contribution >= 4 is 7.82 Å². The number of rotatable bonds is 23. The topological polar surface area (TPSA) is 78.8 Å². The highest BCUT2D eigenvalue weighted by Gasteiger charge is 2.16. The Kier molecular flexibility index (Phi) is 20.5. The van der Waals surface area contributed by atoms with Crippen LogP contribution in [0.2, 0.25) is 0 Å². The van der Waals surface area contributed by atoms with Crippen molar-refractivity contribution in [2.45, 2.75) is 90.4 Å². The summed E-state index contributed by atoms with van der Waals surface area (Å²) >= 11 is 0. The second-order valence-electron chi connectivity index (χ2n) is 10.0. The fourth-order valence-electron chi connectivity index (χ4n) is 3.31. The lowest BCUT2D eigenvalue weighted by Gasteiger charge is -2.28. The van der Waals surface area contributed by atoms with Crippen molar-refractivity contribution in [1.82, 2.24) is 0 Å². The summed E-state index contributed by atoms with van der Waals surface area (Å²) in [6, 6.07) is 0. The number of likely N-dealkylation sites (N-methyl/N-ethyl adjacent to an activating group) is 1. The number of allylic oxidation sites excluding steroid dienone is 4. The number of nitrogens with zero attached hydrogens (tertiary/aromatic N) is 1. The molecule has 0 aliphatic heterocycles. The molecule has 0 aliphatic rings. The van der Waals surface area contributed by atoms with E-state index >= 15 is 0 Å². The van der Waals surface area contributed by atoms with Crippen LogP contribution < -0.4 is 4.89 Å². The van der Waals surface area contributed by atoms with Crippen molar-refractivity contribution in [3.63, 3.8) is 0 Å². The molecule has 0 radical (unpaired) electrons. The van der Waals surface area contributed by atoms with Gasteiger partial charge in [-0.1, -0.05) is 76.2 Å². The number of aliphatic hydroxyl groups excluding tert-OH is 1. The zero-order valence-electron chi connectivity index (χ0n) is 21.9. The summed E-state index contributed by atoms with van der Waals surface area (Å²) in [5.74, 6) is -0.167. The van der Waals surface area contributed by atoms with Crippen LogP contribution in [-0.4, -0.2) is 57.1 Å². The summed E-state index contributed by atoms with van der Waals surface area (Å²) in [5.41, 5.74) is 0. The van der Waals surface area contributed by atoms with Gasteiger partial charge in [0, 0.05) is 12.5 Å². The molecule has 0 bridgehead atoms. The number of quaternary nitrogens is 1. The SMILES string of the molecule is CCCCC/C=C\C/C=C\CCCCCCCCC(CO)COP(=O)([O-])OCC[N+](C)(C)C. The number of unbranched alkanes of at least 4 members (excludes halogenated alkanes) is 9. The van der Waals surface area contributed by atoms with E-state index in [1.165, 1.54) is 51.4 Å². The molecular formula is C26H52NO5P. The highest BCUT2D eigenvalue weighted by Crippen LogP contribution is 2.38. The molecule has 0 saturated carbocycles. The first-order valence-corrected chi connectivity index (χ1v) is 14.5. The van der Waals surface area contributed by atoms with Gasteiger partial charge in [0.2, 0.25) is 0 Å². The molecule has 7 heteroatoms. The van der Waals surface area contributed by atoms with Gasteiger partial charge in [0.1, 0.15) is 13.2 Å². The Hall–Kier alpha value is -0.490. The zero-order valence-corrected chi connectivity index (χ0v) is 22.8. The third-order valence-corrected chi connectivity index (χ3v) is 6.52. The molecule has 0 spiro atoms. The maximum absolute atomic E-state index is 11.8. The van der Waals surface area contributed by atoms with E-state index in [1.54, 1.807) is 0 Å². The maximum Gasteiger partial charge on any atom is 0.268 e. The summed E-state index contributed by atoms with van der Waals surface area (Å²) in [4.78, 5) is 11.8. The van der Waals surface area contributed by atoms with E-state index in [1.807, 2.05) is 21.1 Å². The van der Waals surface area contributed by atoms with E-state index in [2.05, 4.69) is 31.2 Å². The van der Waals surface area contributed by atoms with Gasteiger partial charge >= 0.3 is 0 Å². The van der Waals surface area contributed by atoms with Crippen LogP contribution in [0.1, 0.15) is 90.4 Å². The molecule has 0 rings (SSSR count). The van der Waals surface area contributed by atoms with Crippen LogP contribution in [0.5, 0.6) is 0 Å². The number of hydrogen-bond acceptors (Lipinski definition) is 5. The number of phosphoric acid groups is 1. The largest absolute Gasteiger partial charge is 0.756 e. The van der Waals surface area contributed by atoms with Crippen molar-refractivity contribution in [1.29, 1.82) is 0 Å². The molecule has 2 unspecified atom stereocenters. The first-order chi connectivity index (χ1) is 15.7. The predicted molar refractivity (Wildman–Crippen MR) is 137 cm³/mol. The number of phosphoric ester groups is 1. The molecule has 6 nitrogen and oxygen atoms in total. The molecule has 2 atom stereocenters. The van der Waals surface area contributed by atoms with Gasteiger partial charge in [0.05, 0.1) is 27.7 Å². The van der Waals surface area contributed by atoms with Crippen molar-refractivity contribution < 1.29 is 28.1 Å². The first kappa shape index (κ1) is 32.5. The average Bonchev–Trinajstić information content (AvgIpc) is 2.74. The fraction of sp³-hybridized carbons (Fsp3) is 0.846. The van der Waals surface area contributed by atoms with Gasteiger partial charge < -0.3 is 23.5 Å². The Morgan fingerprint density at radius 3 is 2.03 bits per heavy atom. The average molecular weight is 490 g/mol. The van der Waals surface area contributed by atoms with Crippen LogP contribution in [0.25, 0.3) is 0 Å². The van der Waals surface area contributed by atoms with Gasteiger partial charge in [0.15, 0.2) is 0 Å². The number of hydrogen-bond donors (Lipinski definition) is 1. The molecule has 0 aromatic rings. The molecule has 0 fully saturated rings. The van der Waals surface area contributed by atoms with E-state index in [0.717, 1.165) is 32.1 Å². The monoisotopic (exact) mass is 489 g/mol. The standard InChI is InChI=1S/C26H52NO5P/c1-5-6-7-8-9-10-11-12-13-14-15-16-17-18-19-20-21-26(24-28)25-32-33(29,30)31-23-22-27(2,3)4/h9-10,12-13,26,28H,5-8,11,14-25H2,1-4H3/b10-9-,13-12-. The normalized spacial score (nSPS) is 15.5. The molecule has 33 heavy (non-hydrogen) atoms. The Balaban J connectivity index is 3.66. The third-order valence-electron chi connectivity index (χ3n) is 5.55. The van der Waals surface area contributed by atoms with Crippen LogP contribution in [-0.2, 0) is 13.6 Å². The highest BCUT2D eigenvalue weighted by molar-refractivity contribution is 7.45. The van der Waals surface area contributed by atoms with Crippen molar-refractivity contribution in [3.8, 4) is 0 Å². The Labute approximate surface area is 204 Å². The van der Waals surface area contributed by atoms with Crippen LogP contribution in [0.15, 0.2) is 24.3 Å². The lowest BCUT2D eigenvalue weighted by atomic mass is 10.0. The summed E-state index contributed by atoms with van der Waals surface area (Å²) in [6.45, 7) is 2.83. The molecule has 0 aromatic carbocycles. The Bertz CT molecular complexity index is 545. The number of aliphatic hydroxyl groups is 1. The second kappa shape index (κ2) is 20.8. The van der Waals surface area contributed by atoms with Crippen LogP contribution in [0, 0.1) is 5.92 Å².